The van der Waals surface area contributed by atoms with Crippen LogP contribution in [0.3, 0.4) is 0 Å². The first-order chi connectivity index (χ1) is 11.3. The summed E-state index contributed by atoms with van der Waals surface area (Å²) in [7, 11) is 0. The second-order valence-corrected chi connectivity index (χ2v) is 7.75. The number of urea groups is 1. The summed E-state index contributed by atoms with van der Waals surface area (Å²) in [6, 6.07) is 0.0239. The van der Waals surface area contributed by atoms with Crippen LogP contribution < -0.4 is 5.32 Å². The molecule has 2 aliphatic rings. The van der Waals surface area contributed by atoms with Crippen LogP contribution >= 0.6 is 0 Å². The molecule has 2 heterocycles. The van der Waals surface area contributed by atoms with Gasteiger partial charge in [0, 0.05) is 38.3 Å². The molecule has 1 saturated heterocycles. The Balaban J connectivity index is 1.56. The summed E-state index contributed by atoms with van der Waals surface area (Å²) in [6.45, 7) is 9.44. The normalized spacial score (nSPS) is 21.0. The molecule has 2 aliphatic heterocycles. The van der Waals surface area contributed by atoms with Gasteiger partial charge < -0.3 is 10.2 Å². The van der Waals surface area contributed by atoms with Crippen molar-refractivity contribution in [1.82, 2.24) is 15.1 Å². The molecule has 24 heavy (non-hydrogen) atoms. The van der Waals surface area contributed by atoms with Crippen LogP contribution in [0.25, 0.3) is 0 Å². The number of likely N-dealkylation sites (tertiary alicyclic amines) is 1. The average Bonchev–Trinajstić information content (AvgIpc) is 3.11. The van der Waals surface area contributed by atoms with E-state index in [2.05, 4.69) is 26.1 Å². The van der Waals surface area contributed by atoms with Crippen LogP contribution in [-0.2, 0) is 9.59 Å². The predicted molar refractivity (Wildman–Crippen MR) is 92.2 cm³/mol. The van der Waals surface area contributed by atoms with E-state index in [9.17, 15) is 14.4 Å². The zero-order valence-electron chi connectivity index (χ0n) is 15.0. The first-order valence-corrected chi connectivity index (χ1v) is 8.85. The minimum Gasteiger partial charge on any atom is -0.338 e. The zero-order valence-corrected chi connectivity index (χ0v) is 15.0. The lowest BCUT2D eigenvalue weighted by Crippen LogP contribution is -2.39. The molecule has 0 bridgehead atoms. The highest BCUT2D eigenvalue weighted by atomic mass is 16.2. The number of unbranched alkanes of at least 4 members (excludes halogenated alkanes) is 2. The number of carbonyl (C=O) groups is 3. The number of imide groups is 1. The second-order valence-electron chi connectivity index (χ2n) is 7.75. The van der Waals surface area contributed by atoms with Crippen molar-refractivity contribution in [1.29, 1.82) is 0 Å². The SMILES string of the molecule is CC(C)(C)C1CCN(C(=O)NCCCCCN2C(=O)C=CC2=O)C1. The van der Waals surface area contributed by atoms with E-state index in [4.69, 9.17) is 0 Å². The van der Waals surface area contributed by atoms with Gasteiger partial charge in [-0.05, 0) is 37.0 Å². The molecular weight excluding hydrogens is 306 g/mol. The van der Waals surface area contributed by atoms with E-state index in [-0.39, 0.29) is 23.3 Å². The van der Waals surface area contributed by atoms with E-state index in [1.807, 2.05) is 4.90 Å². The number of hydrogen-bond donors (Lipinski definition) is 1. The van der Waals surface area contributed by atoms with Crippen molar-refractivity contribution < 1.29 is 14.4 Å². The average molecular weight is 335 g/mol. The van der Waals surface area contributed by atoms with Crippen molar-refractivity contribution in [2.45, 2.75) is 46.5 Å². The summed E-state index contributed by atoms with van der Waals surface area (Å²) in [4.78, 5) is 38.1. The van der Waals surface area contributed by atoms with Gasteiger partial charge in [-0.15, -0.1) is 0 Å². The number of carbonyl (C=O) groups excluding carboxylic acids is 3. The predicted octanol–water partition coefficient (Wildman–Crippen LogP) is 2.16. The fourth-order valence-corrected chi connectivity index (χ4v) is 3.18. The van der Waals surface area contributed by atoms with Crippen LogP contribution in [0.15, 0.2) is 12.2 Å². The standard InChI is InChI=1S/C18H29N3O3/c1-18(2,3)14-9-12-20(13-14)17(24)19-10-5-4-6-11-21-15(22)7-8-16(21)23/h7-8,14H,4-6,9-13H2,1-3H3,(H,19,24). The molecule has 0 saturated carbocycles. The van der Waals surface area contributed by atoms with Crippen LogP contribution in [-0.4, -0.2) is 53.8 Å². The van der Waals surface area contributed by atoms with Gasteiger partial charge in [-0.1, -0.05) is 20.8 Å². The smallest absolute Gasteiger partial charge is 0.317 e. The fourth-order valence-electron chi connectivity index (χ4n) is 3.18. The van der Waals surface area contributed by atoms with Crippen LogP contribution in [0.2, 0.25) is 0 Å². The number of nitrogens with zero attached hydrogens (tertiary/aromatic N) is 2. The molecule has 0 aliphatic carbocycles. The largest absolute Gasteiger partial charge is 0.338 e. The Kier molecular flexibility index (Phi) is 6.02. The van der Waals surface area contributed by atoms with Gasteiger partial charge in [-0.3, -0.25) is 14.5 Å². The Morgan fingerprint density at radius 2 is 1.83 bits per heavy atom. The van der Waals surface area contributed by atoms with Crippen LogP contribution in [0.4, 0.5) is 4.79 Å². The molecule has 0 aromatic carbocycles. The van der Waals surface area contributed by atoms with Crippen molar-refractivity contribution in [2.24, 2.45) is 11.3 Å². The van der Waals surface area contributed by atoms with Gasteiger partial charge in [-0.2, -0.15) is 0 Å². The number of hydrogen-bond acceptors (Lipinski definition) is 3. The molecule has 0 radical (unpaired) electrons. The maximum atomic E-state index is 12.2. The summed E-state index contributed by atoms with van der Waals surface area (Å²) in [5, 5.41) is 2.97. The zero-order chi connectivity index (χ0) is 17.7. The second kappa shape index (κ2) is 7.81. The fraction of sp³-hybridized carbons (Fsp3) is 0.722. The monoisotopic (exact) mass is 335 g/mol. The van der Waals surface area contributed by atoms with Crippen LogP contribution in [0.5, 0.6) is 0 Å². The van der Waals surface area contributed by atoms with Crippen molar-refractivity contribution in [3.8, 4) is 0 Å². The Bertz CT molecular complexity index is 504. The lowest BCUT2D eigenvalue weighted by Gasteiger charge is -2.27. The van der Waals surface area contributed by atoms with Gasteiger partial charge in [0.25, 0.3) is 11.8 Å². The van der Waals surface area contributed by atoms with Gasteiger partial charge >= 0.3 is 6.03 Å². The minimum atomic E-state index is -0.226. The van der Waals surface area contributed by atoms with Crippen molar-refractivity contribution in [2.75, 3.05) is 26.2 Å². The Hall–Kier alpha value is -1.85. The molecule has 0 aromatic heterocycles. The molecule has 134 valence electrons. The lowest BCUT2D eigenvalue weighted by atomic mass is 9.80. The van der Waals surface area contributed by atoms with Crippen molar-refractivity contribution in [3.63, 3.8) is 0 Å². The highest BCUT2D eigenvalue weighted by Crippen LogP contribution is 2.33. The van der Waals surface area contributed by atoms with E-state index >= 15 is 0 Å². The maximum absolute atomic E-state index is 12.2. The topological polar surface area (TPSA) is 69.7 Å². The molecule has 6 nitrogen and oxygen atoms in total. The van der Waals surface area contributed by atoms with E-state index < -0.39 is 0 Å². The molecule has 1 atom stereocenters. The third kappa shape index (κ3) is 4.82. The summed E-state index contributed by atoms with van der Waals surface area (Å²) in [5.74, 6) is 0.110. The van der Waals surface area contributed by atoms with Crippen LogP contribution in [0.1, 0.15) is 46.5 Å². The number of rotatable bonds is 6. The first kappa shape index (κ1) is 18.5. The van der Waals surface area contributed by atoms with Gasteiger partial charge in [0.15, 0.2) is 0 Å². The summed E-state index contributed by atoms with van der Waals surface area (Å²) < 4.78 is 0. The summed E-state index contributed by atoms with van der Waals surface area (Å²) >= 11 is 0. The molecule has 0 aromatic rings. The number of amides is 4. The molecular formula is C18H29N3O3. The van der Waals surface area contributed by atoms with Crippen LogP contribution in [0, 0.1) is 11.3 Å². The highest BCUT2D eigenvalue weighted by molar-refractivity contribution is 6.12. The molecule has 1 N–H and O–H groups in total. The molecule has 4 amide bonds. The number of nitrogens with one attached hydrogen (secondary N) is 1. The van der Waals surface area contributed by atoms with E-state index in [0.29, 0.717) is 19.0 Å². The molecule has 1 fully saturated rings. The minimum absolute atomic E-state index is 0.0239. The molecule has 1 unspecified atom stereocenters. The lowest BCUT2D eigenvalue weighted by molar-refractivity contribution is -0.136. The van der Waals surface area contributed by atoms with Gasteiger partial charge in [0.05, 0.1) is 0 Å². The summed E-state index contributed by atoms with van der Waals surface area (Å²) in [6.07, 6.45) is 6.19. The van der Waals surface area contributed by atoms with Gasteiger partial charge in [0.2, 0.25) is 0 Å². The maximum Gasteiger partial charge on any atom is 0.317 e. The Labute approximate surface area is 144 Å². The van der Waals surface area contributed by atoms with Crippen molar-refractivity contribution in [3.05, 3.63) is 12.2 Å². The van der Waals surface area contributed by atoms with Gasteiger partial charge in [0.1, 0.15) is 0 Å². The first-order valence-electron chi connectivity index (χ1n) is 8.85. The highest BCUT2D eigenvalue weighted by Gasteiger charge is 2.33. The molecule has 6 heteroatoms. The Morgan fingerprint density at radius 3 is 2.42 bits per heavy atom. The van der Waals surface area contributed by atoms with Crippen molar-refractivity contribution >= 4 is 17.8 Å². The molecule has 0 spiro atoms. The van der Waals surface area contributed by atoms with E-state index in [0.717, 1.165) is 38.8 Å². The van der Waals surface area contributed by atoms with Gasteiger partial charge in [-0.25, -0.2) is 4.79 Å². The molecule has 2 rings (SSSR count). The summed E-state index contributed by atoms with van der Waals surface area (Å²) in [5.41, 5.74) is 0.244. The Morgan fingerprint density at radius 1 is 1.17 bits per heavy atom. The van der Waals surface area contributed by atoms with E-state index in [1.54, 1.807) is 0 Å². The van der Waals surface area contributed by atoms with E-state index in [1.165, 1.54) is 17.1 Å². The third-order valence-corrected chi connectivity index (χ3v) is 4.94. The third-order valence-electron chi connectivity index (χ3n) is 4.94. The quantitative estimate of drug-likeness (QED) is 0.597.